The van der Waals surface area contributed by atoms with Crippen LogP contribution in [0.15, 0.2) is 17.5 Å². The minimum atomic E-state index is 0.229. The molecule has 0 aromatic carbocycles. The molecule has 20 heavy (non-hydrogen) atoms. The Morgan fingerprint density at radius 2 is 2.00 bits per heavy atom. The van der Waals surface area contributed by atoms with E-state index in [0.717, 1.165) is 45.6 Å². The number of thiophene rings is 1. The van der Waals surface area contributed by atoms with Crippen LogP contribution in [0.2, 0.25) is 0 Å². The zero-order chi connectivity index (χ0) is 13.8. The maximum atomic E-state index is 12.4. The molecule has 0 saturated carbocycles. The fourth-order valence-corrected chi connectivity index (χ4v) is 3.75. The first-order valence-corrected chi connectivity index (χ1v) is 8.32. The van der Waals surface area contributed by atoms with E-state index in [0.29, 0.717) is 19.1 Å². The molecule has 1 aromatic heterocycles. The van der Waals surface area contributed by atoms with Gasteiger partial charge in [-0.3, -0.25) is 9.69 Å². The van der Waals surface area contributed by atoms with E-state index in [1.54, 1.807) is 0 Å². The Bertz CT molecular complexity index is 421. The van der Waals surface area contributed by atoms with Gasteiger partial charge in [0.15, 0.2) is 0 Å². The van der Waals surface area contributed by atoms with Crippen LogP contribution in [-0.4, -0.2) is 55.1 Å². The first kappa shape index (κ1) is 14.0. The molecule has 2 fully saturated rings. The minimum Gasteiger partial charge on any atom is -0.378 e. The summed E-state index contributed by atoms with van der Waals surface area (Å²) in [5.74, 6) is 0.580. The highest BCUT2D eigenvalue weighted by Crippen LogP contribution is 2.22. The maximum Gasteiger partial charge on any atom is 0.225 e. The van der Waals surface area contributed by atoms with Crippen molar-refractivity contribution in [2.75, 3.05) is 39.4 Å². The Morgan fingerprint density at radius 3 is 2.65 bits per heavy atom. The lowest BCUT2D eigenvalue weighted by Gasteiger charge is -2.35. The quantitative estimate of drug-likeness (QED) is 0.852. The Morgan fingerprint density at radius 1 is 1.25 bits per heavy atom. The van der Waals surface area contributed by atoms with E-state index in [1.807, 2.05) is 16.2 Å². The number of carbonyl (C=O) groups excluding carboxylic acids is 1. The molecule has 3 heterocycles. The second-order valence-corrected chi connectivity index (χ2v) is 6.60. The number of carbonyl (C=O) groups is 1. The third-order valence-electron chi connectivity index (χ3n) is 4.22. The highest BCUT2D eigenvalue weighted by Gasteiger charge is 2.29. The van der Waals surface area contributed by atoms with Gasteiger partial charge in [-0.15, -0.1) is 11.3 Å². The molecule has 5 heteroatoms. The Kier molecular flexibility index (Phi) is 4.70. The second kappa shape index (κ2) is 6.70. The van der Waals surface area contributed by atoms with E-state index in [2.05, 4.69) is 22.4 Å². The third kappa shape index (κ3) is 3.40. The summed E-state index contributed by atoms with van der Waals surface area (Å²) < 4.78 is 5.31. The molecule has 0 aliphatic carbocycles. The number of hydrogen-bond acceptors (Lipinski definition) is 4. The fourth-order valence-electron chi connectivity index (χ4n) is 3.00. The van der Waals surface area contributed by atoms with Crippen LogP contribution in [0.5, 0.6) is 0 Å². The third-order valence-corrected chi connectivity index (χ3v) is 5.08. The predicted octanol–water partition coefficient (Wildman–Crippen LogP) is 1.82. The van der Waals surface area contributed by atoms with E-state index < -0.39 is 0 Å². The zero-order valence-corrected chi connectivity index (χ0v) is 12.6. The van der Waals surface area contributed by atoms with E-state index in [-0.39, 0.29) is 5.92 Å². The average Bonchev–Trinajstić information content (AvgIpc) is 3.01. The molecule has 0 N–H and O–H groups in total. The molecule has 1 amide bonds. The number of amides is 1. The van der Waals surface area contributed by atoms with Crippen molar-refractivity contribution in [2.45, 2.75) is 19.4 Å². The number of morpholine rings is 1. The summed E-state index contributed by atoms with van der Waals surface area (Å²) in [5, 5.41) is 2.13. The first-order chi connectivity index (χ1) is 9.83. The minimum absolute atomic E-state index is 0.229. The van der Waals surface area contributed by atoms with Crippen molar-refractivity contribution in [2.24, 2.45) is 5.92 Å². The van der Waals surface area contributed by atoms with Crippen LogP contribution >= 0.6 is 11.3 Å². The van der Waals surface area contributed by atoms with Crippen LogP contribution in [0.25, 0.3) is 0 Å². The number of ether oxygens (including phenoxy) is 1. The van der Waals surface area contributed by atoms with Crippen molar-refractivity contribution >= 4 is 17.2 Å². The van der Waals surface area contributed by atoms with Crippen molar-refractivity contribution in [3.05, 3.63) is 22.4 Å². The summed E-state index contributed by atoms with van der Waals surface area (Å²) in [6.07, 6.45) is 2.00. The highest BCUT2D eigenvalue weighted by atomic mass is 32.1. The van der Waals surface area contributed by atoms with Crippen LogP contribution in [0.4, 0.5) is 0 Å². The number of hydrogen-bond donors (Lipinski definition) is 0. The summed E-state index contributed by atoms with van der Waals surface area (Å²) in [6.45, 7) is 6.06. The molecule has 4 nitrogen and oxygen atoms in total. The van der Waals surface area contributed by atoms with Gasteiger partial charge in [-0.1, -0.05) is 6.07 Å². The first-order valence-electron chi connectivity index (χ1n) is 7.44. The van der Waals surface area contributed by atoms with Crippen molar-refractivity contribution in [1.82, 2.24) is 9.80 Å². The van der Waals surface area contributed by atoms with Gasteiger partial charge in [0.25, 0.3) is 0 Å². The normalized spacial score (nSPS) is 22.1. The Hall–Kier alpha value is -0.910. The summed E-state index contributed by atoms with van der Waals surface area (Å²) in [6, 6.07) is 4.30. The van der Waals surface area contributed by atoms with Gasteiger partial charge in [0.2, 0.25) is 5.91 Å². The van der Waals surface area contributed by atoms with Crippen LogP contribution in [-0.2, 0) is 16.1 Å². The summed E-state index contributed by atoms with van der Waals surface area (Å²) in [7, 11) is 0. The van der Waals surface area contributed by atoms with Crippen molar-refractivity contribution < 1.29 is 9.53 Å². The smallest absolute Gasteiger partial charge is 0.225 e. The van der Waals surface area contributed by atoms with Gasteiger partial charge in [0, 0.05) is 30.4 Å². The standard InChI is InChI=1S/C15H22N2O2S/c18-15(17-7-9-19-10-8-17)13-3-5-16(6-4-13)12-14-2-1-11-20-14/h1-2,11,13H,3-10,12H2. The molecule has 0 atom stereocenters. The topological polar surface area (TPSA) is 32.8 Å². The molecule has 2 aliphatic rings. The van der Waals surface area contributed by atoms with E-state index in [9.17, 15) is 4.79 Å². The molecule has 110 valence electrons. The lowest BCUT2D eigenvalue weighted by atomic mass is 9.95. The second-order valence-electron chi connectivity index (χ2n) is 5.57. The van der Waals surface area contributed by atoms with Crippen molar-refractivity contribution in [3.63, 3.8) is 0 Å². The number of rotatable bonds is 3. The van der Waals surface area contributed by atoms with Crippen LogP contribution in [0, 0.1) is 5.92 Å². The summed E-state index contributed by atoms with van der Waals surface area (Å²) >= 11 is 1.82. The van der Waals surface area contributed by atoms with Crippen LogP contribution < -0.4 is 0 Å². The van der Waals surface area contributed by atoms with Crippen LogP contribution in [0.1, 0.15) is 17.7 Å². The van der Waals surface area contributed by atoms with E-state index in [4.69, 9.17) is 4.74 Å². The SMILES string of the molecule is O=C(C1CCN(Cc2cccs2)CC1)N1CCOCC1. The molecule has 2 saturated heterocycles. The lowest BCUT2D eigenvalue weighted by molar-refractivity contribution is -0.141. The summed E-state index contributed by atoms with van der Waals surface area (Å²) in [5.41, 5.74) is 0. The van der Waals surface area contributed by atoms with Gasteiger partial charge in [-0.05, 0) is 37.4 Å². The Labute approximate surface area is 124 Å². The predicted molar refractivity (Wildman–Crippen MR) is 79.7 cm³/mol. The average molecular weight is 294 g/mol. The molecular weight excluding hydrogens is 272 g/mol. The molecule has 0 bridgehead atoms. The summed E-state index contributed by atoms with van der Waals surface area (Å²) in [4.78, 5) is 18.3. The largest absolute Gasteiger partial charge is 0.378 e. The van der Waals surface area contributed by atoms with Gasteiger partial charge in [-0.25, -0.2) is 0 Å². The molecule has 3 rings (SSSR count). The van der Waals surface area contributed by atoms with Gasteiger partial charge in [0.05, 0.1) is 13.2 Å². The van der Waals surface area contributed by atoms with E-state index >= 15 is 0 Å². The molecule has 0 spiro atoms. The van der Waals surface area contributed by atoms with E-state index in [1.165, 1.54) is 4.88 Å². The van der Waals surface area contributed by atoms with Crippen molar-refractivity contribution in [1.29, 1.82) is 0 Å². The number of nitrogens with zero attached hydrogens (tertiary/aromatic N) is 2. The van der Waals surface area contributed by atoms with Crippen molar-refractivity contribution in [3.8, 4) is 0 Å². The maximum absolute atomic E-state index is 12.4. The Balaban J connectivity index is 1.46. The van der Waals surface area contributed by atoms with Gasteiger partial charge in [0.1, 0.15) is 0 Å². The highest BCUT2D eigenvalue weighted by molar-refractivity contribution is 7.09. The molecule has 2 aliphatic heterocycles. The molecule has 1 aromatic rings. The molecule has 0 unspecified atom stereocenters. The fraction of sp³-hybridized carbons (Fsp3) is 0.667. The van der Waals surface area contributed by atoms with Gasteiger partial charge < -0.3 is 9.64 Å². The molecule has 0 radical (unpaired) electrons. The van der Waals surface area contributed by atoms with Gasteiger partial charge >= 0.3 is 0 Å². The zero-order valence-electron chi connectivity index (χ0n) is 11.8. The monoisotopic (exact) mass is 294 g/mol. The van der Waals surface area contributed by atoms with Crippen LogP contribution in [0.3, 0.4) is 0 Å². The number of likely N-dealkylation sites (tertiary alicyclic amines) is 1. The number of piperidine rings is 1. The lowest BCUT2D eigenvalue weighted by Crippen LogP contribution is -2.46. The van der Waals surface area contributed by atoms with Gasteiger partial charge in [-0.2, -0.15) is 0 Å². The molecular formula is C15H22N2O2S.